The highest BCUT2D eigenvalue weighted by atomic mass is 16.5. The first-order valence-corrected chi connectivity index (χ1v) is 8.34. The van der Waals surface area contributed by atoms with Gasteiger partial charge >= 0.3 is 0 Å². The van der Waals surface area contributed by atoms with Crippen LogP contribution in [-0.4, -0.2) is 37.9 Å². The Kier molecular flexibility index (Phi) is 4.76. The Bertz CT molecular complexity index is 564. The molecule has 1 aromatic rings. The van der Waals surface area contributed by atoms with E-state index in [1.807, 2.05) is 12.1 Å². The van der Waals surface area contributed by atoms with E-state index in [-0.39, 0.29) is 17.4 Å². The number of ether oxygens (including phenoxy) is 3. The summed E-state index contributed by atoms with van der Waals surface area (Å²) in [6.07, 6.45) is 2.50. The lowest BCUT2D eigenvalue weighted by Crippen LogP contribution is -2.36. The second-order valence-electron chi connectivity index (χ2n) is 6.81. The summed E-state index contributed by atoms with van der Waals surface area (Å²) in [5, 5.41) is 2.95. The van der Waals surface area contributed by atoms with Crippen molar-refractivity contribution in [3.63, 3.8) is 0 Å². The van der Waals surface area contributed by atoms with E-state index in [2.05, 4.69) is 25.2 Å². The van der Waals surface area contributed by atoms with Crippen molar-refractivity contribution in [2.24, 2.45) is 5.92 Å². The SMILES string of the molecule is CC1(C)Cc2cccc(OCCNC(=O)C3CCOCC3)c2O1. The Labute approximate surface area is 137 Å². The van der Waals surface area contributed by atoms with Gasteiger partial charge < -0.3 is 19.5 Å². The molecular weight excluding hydrogens is 294 g/mol. The van der Waals surface area contributed by atoms with Crippen LogP contribution in [0.4, 0.5) is 0 Å². The zero-order chi connectivity index (χ0) is 16.3. The molecule has 0 saturated carbocycles. The molecule has 0 atom stereocenters. The molecule has 3 rings (SSSR count). The van der Waals surface area contributed by atoms with E-state index >= 15 is 0 Å². The molecule has 0 unspecified atom stereocenters. The minimum absolute atomic E-state index is 0.0776. The van der Waals surface area contributed by atoms with Crippen molar-refractivity contribution < 1.29 is 19.0 Å². The molecule has 0 radical (unpaired) electrons. The smallest absolute Gasteiger partial charge is 0.223 e. The van der Waals surface area contributed by atoms with Gasteiger partial charge in [-0.05, 0) is 32.8 Å². The molecule has 2 aliphatic heterocycles. The van der Waals surface area contributed by atoms with Crippen molar-refractivity contribution in [1.29, 1.82) is 0 Å². The van der Waals surface area contributed by atoms with Crippen molar-refractivity contribution >= 4 is 5.91 Å². The van der Waals surface area contributed by atoms with E-state index in [1.165, 1.54) is 5.56 Å². The molecule has 23 heavy (non-hydrogen) atoms. The third kappa shape index (κ3) is 3.96. The van der Waals surface area contributed by atoms with Crippen LogP contribution in [-0.2, 0) is 16.0 Å². The third-order valence-electron chi connectivity index (χ3n) is 4.31. The van der Waals surface area contributed by atoms with Crippen LogP contribution in [0.3, 0.4) is 0 Å². The molecule has 126 valence electrons. The number of carbonyl (C=O) groups is 1. The maximum Gasteiger partial charge on any atom is 0.223 e. The maximum absolute atomic E-state index is 12.0. The first-order valence-electron chi connectivity index (χ1n) is 8.34. The van der Waals surface area contributed by atoms with E-state index in [9.17, 15) is 4.79 Å². The number of nitrogens with one attached hydrogen (secondary N) is 1. The second-order valence-corrected chi connectivity index (χ2v) is 6.81. The number of amides is 1. The van der Waals surface area contributed by atoms with E-state index in [0.29, 0.717) is 26.4 Å². The van der Waals surface area contributed by atoms with Gasteiger partial charge in [0, 0.05) is 31.1 Å². The van der Waals surface area contributed by atoms with E-state index in [1.54, 1.807) is 0 Å². The van der Waals surface area contributed by atoms with Crippen LogP contribution in [0.1, 0.15) is 32.3 Å². The largest absolute Gasteiger partial charge is 0.488 e. The lowest BCUT2D eigenvalue weighted by Gasteiger charge is -2.21. The molecule has 5 nitrogen and oxygen atoms in total. The highest BCUT2D eigenvalue weighted by Gasteiger charge is 2.32. The zero-order valence-corrected chi connectivity index (χ0v) is 13.9. The van der Waals surface area contributed by atoms with Gasteiger partial charge in [-0.3, -0.25) is 4.79 Å². The minimum Gasteiger partial charge on any atom is -0.488 e. The van der Waals surface area contributed by atoms with Crippen molar-refractivity contribution in [2.75, 3.05) is 26.4 Å². The molecule has 0 bridgehead atoms. The number of hydrogen-bond acceptors (Lipinski definition) is 4. The molecule has 1 fully saturated rings. The monoisotopic (exact) mass is 319 g/mol. The van der Waals surface area contributed by atoms with Gasteiger partial charge in [0.2, 0.25) is 5.91 Å². The van der Waals surface area contributed by atoms with Crippen molar-refractivity contribution in [3.05, 3.63) is 23.8 Å². The lowest BCUT2D eigenvalue weighted by atomic mass is 9.99. The highest BCUT2D eigenvalue weighted by Crippen LogP contribution is 2.41. The van der Waals surface area contributed by atoms with E-state index < -0.39 is 0 Å². The summed E-state index contributed by atoms with van der Waals surface area (Å²) in [6.45, 7) is 6.45. The van der Waals surface area contributed by atoms with Crippen LogP contribution in [0.5, 0.6) is 11.5 Å². The van der Waals surface area contributed by atoms with Gasteiger partial charge in [0.05, 0.1) is 6.54 Å². The Morgan fingerprint density at radius 2 is 2.13 bits per heavy atom. The van der Waals surface area contributed by atoms with Gasteiger partial charge in [-0.25, -0.2) is 0 Å². The molecular formula is C18H25NO4. The molecule has 2 heterocycles. The van der Waals surface area contributed by atoms with Crippen LogP contribution < -0.4 is 14.8 Å². The van der Waals surface area contributed by atoms with Crippen LogP contribution in [0.15, 0.2) is 18.2 Å². The molecule has 1 N–H and O–H groups in total. The van der Waals surface area contributed by atoms with Crippen LogP contribution in [0.25, 0.3) is 0 Å². The summed E-state index contributed by atoms with van der Waals surface area (Å²) in [4.78, 5) is 12.0. The van der Waals surface area contributed by atoms with Crippen LogP contribution in [0, 0.1) is 5.92 Å². The van der Waals surface area contributed by atoms with E-state index in [0.717, 1.165) is 30.8 Å². The predicted molar refractivity (Wildman–Crippen MR) is 86.9 cm³/mol. The fourth-order valence-corrected chi connectivity index (χ4v) is 3.14. The van der Waals surface area contributed by atoms with Crippen LogP contribution in [0.2, 0.25) is 0 Å². The van der Waals surface area contributed by atoms with Gasteiger partial charge in [-0.1, -0.05) is 12.1 Å². The summed E-state index contributed by atoms with van der Waals surface area (Å²) in [7, 11) is 0. The number of rotatable bonds is 5. The second kappa shape index (κ2) is 6.79. The fraction of sp³-hybridized carbons (Fsp3) is 0.611. The van der Waals surface area contributed by atoms with Crippen molar-refractivity contribution in [2.45, 2.75) is 38.7 Å². The summed E-state index contributed by atoms with van der Waals surface area (Å²) in [6, 6.07) is 5.98. The molecule has 2 aliphatic rings. The zero-order valence-electron chi connectivity index (χ0n) is 13.9. The first-order chi connectivity index (χ1) is 11.1. The predicted octanol–water partition coefficient (Wildman–Crippen LogP) is 2.32. The number of hydrogen-bond donors (Lipinski definition) is 1. The third-order valence-corrected chi connectivity index (χ3v) is 4.31. The Hall–Kier alpha value is -1.75. The molecule has 0 aliphatic carbocycles. The van der Waals surface area contributed by atoms with Crippen LogP contribution >= 0.6 is 0 Å². The Morgan fingerprint density at radius 1 is 1.35 bits per heavy atom. The van der Waals surface area contributed by atoms with Gasteiger partial charge in [0.25, 0.3) is 0 Å². The first kappa shape index (κ1) is 16.1. The molecule has 5 heteroatoms. The Morgan fingerprint density at radius 3 is 2.91 bits per heavy atom. The van der Waals surface area contributed by atoms with Crippen molar-refractivity contribution in [1.82, 2.24) is 5.32 Å². The number of benzene rings is 1. The van der Waals surface area contributed by atoms with Crippen molar-refractivity contribution in [3.8, 4) is 11.5 Å². The normalized spacial score (nSPS) is 19.7. The van der Waals surface area contributed by atoms with E-state index in [4.69, 9.17) is 14.2 Å². The number of para-hydroxylation sites is 1. The average Bonchev–Trinajstić information content (AvgIpc) is 2.86. The fourth-order valence-electron chi connectivity index (χ4n) is 3.14. The molecule has 1 amide bonds. The molecule has 0 spiro atoms. The topological polar surface area (TPSA) is 56.8 Å². The number of carbonyl (C=O) groups excluding carboxylic acids is 1. The summed E-state index contributed by atoms with van der Waals surface area (Å²) < 4.78 is 17.1. The van der Waals surface area contributed by atoms with Gasteiger partial charge in [0.1, 0.15) is 12.2 Å². The highest BCUT2D eigenvalue weighted by molar-refractivity contribution is 5.78. The maximum atomic E-state index is 12.0. The minimum atomic E-state index is -0.181. The molecule has 0 aromatic heterocycles. The lowest BCUT2D eigenvalue weighted by molar-refractivity contribution is -0.127. The summed E-state index contributed by atoms with van der Waals surface area (Å²) >= 11 is 0. The molecule has 1 aromatic carbocycles. The summed E-state index contributed by atoms with van der Waals surface area (Å²) in [5.74, 6) is 1.78. The number of fused-ring (bicyclic) bond motifs is 1. The summed E-state index contributed by atoms with van der Waals surface area (Å²) in [5.41, 5.74) is 0.998. The average molecular weight is 319 g/mol. The quantitative estimate of drug-likeness (QED) is 0.846. The van der Waals surface area contributed by atoms with Gasteiger partial charge in [-0.2, -0.15) is 0 Å². The van der Waals surface area contributed by atoms with Gasteiger partial charge in [0.15, 0.2) is 11.5 Å². The Balaban J connectivity index is 1.47. The standard InChI is InChI=1S/C18H25NO4/c1-18(2)12-14-4-3-5-15(16(14)23-18)22-11-8-19-17(20)13-6-9-21-10-7-13/h3-5,13H,6-12H2,1-2H3,(H,19,20). The van der Waals surface area contributed by atoms with Gasteiger partial charge in [-0.15, -0.1) is 0 Å². The molecule has 1 saturated heterocycles.